The molecule has 6 nitrogen and oxygen atoms in total. The fourth-order valence-electron chi connectivity index (χ4n) is 2.74. The highest BCUT2D eigenvalue weighted by Gasteiger charge is 2.11. The monoisotopic (exact) mass is 397 g/mol. The Kier molecular flexibility index (Phi) is 6.36. The molecule has 0 saturated carbocycles. The van der Waals surface area contributed by atoms with E-state index in [-0.39, 0.29) is 17.2 Å². The Morgan fingerprint density at radius 3 is 2.75 bits per heavy atom. The number of aromatic nitrogens is 2. The summed E-state index contributed by atoms with van der Waals surface area (Å²) in [5.41, 5.74) is 2.67. The van der Waals surface area contributed by atoms with E-state index in [9.17, 15) is 9.59 Å². The molecule has 0 aliphatic carbocycles. The van der Waals surface area contributed by atoms with E-state index in [0.717, 1.165) is 16.9 Å². The van der Waals surface area contributed by atoms with E-state index >= 15 is 0 Å². The number of amides is 1. The zero-order valence-corrected chi connectivity index (χ0v) is 17.0. The molecule has 146 valence electrons. The minimum Gasteiger partial charge on any atom is -0.492 e. The van der Waals surface area contributed by atoms with E-state index in [1.54, 1.807) is 7.05 Å². The van der Waals surface area contributed by atoms with Crippen molar-refractivity contribution >= 4 is 28.6 Å². The van der Waals surface area contributed by atoms with Crippen LogP contribution in [0.5, 0.6) is 5.75 Å². The van der Waals surface area contributed by atoms with Gasteiger partial charge in [-0.1, -0.05) is 35.5 Å². The summed E-state index contributed by atoms with van der Waals surface area (Å²) in [5, 5.41) is 3.92. The van der Waals surface area contributed by atoms with Crippen LogP contribution in [0.2, 0.25) is 0 Å². The Morgan fingerprint density at radius 1 is 1.18 bits per heavy atom. The van der Waals surface area contributed by atoms with Crippen LogP contribution in [0, 0.1) is 13.8 Å². The first-order valence-corrected chi connectivity index (χ1v) is 9.99. The van der Waals surface area contributed by atoms with E-state index < -0.39 is 0 Å². The normalized spacial score (nSPS) is 10.8. The van der Waals surface area contributed by atoms with Crippen molar-refractivity contribution in [3.05, 3.63) is 63.9 Å². The number of hydrogen-bond donors (Lipinski definition) is 1. The number of carbonyl (C=O) groups is 1. The van der Waals surface area contributed by atoms with E-state index in [1.807, 2.05) is 56.3 Å². The number of nitrogens with one attached hydrogen (secondary N) is 1. The molecule has 0 saturated heterocycles. The van der Waals surface area contributed by atoms with Crippen molar-refractivity contribution < 1.29 is 9.53 Å². The van der Waals surface area contributed by atoms with Crippen LogP contribution in [0.1, 0.15) is 11.1 Å². The van der Waals surface area contributed by atoms with Gasteiger partial charge in [-0.05, 0) is 43.7 Å². The fourth-order valence-corrected chi connectivity index (χ4v) is 3.54. The van der Waals surface area contributed by atoms with E-state index in [1.165, 1.54) is 16.3 Å². The number of hydrogen-bond acceptors (Lipinski definition) is 5. The first kappa shape index (κ1) is 19.9. The molecule has 0 unspecified atom stereocenters. The summed E-state index contributed by atoms with van der Waals surface area (Å²) in [6.07, 6.45) is 0. The summed E-state index contributed by atoms with van der Waals surface area (Å²) in [4.78, 5) is 29.1. The lowest BCUT2D eigenvalue weighted by molar-refractivity contribution is -0.118. The van der Waals surface area contributed by atoms with Crippen LogP contribution in [-0.2, 0) is 11.8 Å². The maximum atomic E-state index is 12.5. The molecule has 1 amide bonds. The fraction of sp³-hybridized carbons (Fsp3) is 0.286. The van der Waals surface area contributed by atoms with Crippen molar-refractivity contribution in [3.8, 4) is 5.75 Å². The van der Waals surface area contributed by atoms with Gasteiger partial charge in [0.05, 0.1) is 23.2 Å². The molecule has 0 aliphatic rings. The van der Waals surface area contributed by atoms with Crippen molar-refractivity contribution in [2.24, 2.45) is 7.05 Å². The molecule has 2 aromatic carbocycles. The lowest BCUT2D eigenvalue weighted by Crippen LogP contribution is -2.30. The third-order valence-electron chi connectivity index (χ3n) is 4.20. The highest BCUT2D eigenvalue weighted by Crippen LogP contribution is 2.17. The second-order valence-electron chi connectivity index (χ2n) is 6.58. The molecule has 3 rings (SSSR count). The van der Waals surface area contributed by atoms with Crippen molar-refractivity contribution in [3.63, 3.8) is 0 Å². The van der Waals surface area contributed by atoms with Gasteiger partial charge in [-0.3, -0.25) is 14.2 Å². The minimum absolute atomic E-state index is 0.108. The number of fused-ring (bicyclic) bond motifs is 1. The van der Waals surface area contributed by atoms with E-state index in [0.29, 0.717) is 29.2 Å². The number of ether oxygens (including phenoxy) is 1. The molecule has 0 bridgehead atoms. The van der Waals surface area contributed by atoms with Crippen LogP contribution in [0.25, 0.3) is 10.9 Å². The summed E-state index contributed by atoms with van der Waals surface area (Å²) in [7, 11) is 1.67. The van der Waals surface area contributed by atoms with Crippen molar-refractivity contribution in [1.29, 1.82) is 0 Å². The summed E-state index contributed by atoms with van der Waals surface area (Å²) in [6, 6.07) is 13.4. The number of nitrogens with zero attached hydrogens (tertiary/aromatic N) is 2. The SMILES string of the molecule is Cc1cccc(OCCNC(=O)CSc2nc3ccc(C)cc3c(=O)n2C)c1. The average molecular weight is 398 g/mol. The smallest absolute Gasteiger partial charge is 0.261 e. The number of thioether (sulfide) groups is 1. The predicted octanol–water partition coefficient (Wildman–Crippen LogP) is 2.84. The van der Waals surface area contributed by atoms with Crippen molar-refractivity contribution in [2.75, 3.05) is 18.9 Å². The molecule has 1 heterocycles. The second-order valence-corrected chi connectivity index (χ2v) is 7.53. The molecule has 0 atom stereocenters. The van der Waals surface area contributed by atoms with Gasteiger partial charge >= 0.3 is 0 Å². The zero-order valence-electron chi connectivity index (χ0n) is 16.2. The zero-order chi connectivity index (χ0) is 20.1. The summed E-state index contributed by atoms with van der Waals surface area (Å²) in [5.74, 6) is 0.840. The lowest BCUT2D eigenvalue weighted by Gasteiger charge is -2.10. The van der Waals surface area contributed by atoms with Crippen LogP contribution in [0.15, 0.2) is 52.4 Å². The van der Waals surface area contributed by atoms with Gasteiger partial charge < -0.3 is 10.1 Å². The van der Waals surface area contributed by atoms with Crippen molar-refractivity contribution in [1.82, 2.24) is 14.9 Å². The van der Waals surface area contributed by atoms with Crippen LogP contribution in [0.4, 0.5) is 0 Å². The molecule has 1 aromatic heterocycles. The standard InChI is InChI=1S/C21H23N3O3S/c1-14-5-4-6-16(11-14)27-10-9-22-19(25)13-28-21-23-18-8-7-15(2)12-17(18)20(26)24(21)3/h4-8,11-12H,9-10,13H2,1-3H3,(H,22,25). The summed E-state index contributed by atoms with van der Waals surface area (Å²) < 4.78 is 7.10. The van der Waals surface area contributed by atoms with Gasteiger partial charge in [0.25, 0.3) is 5.56 Å². The Labute approximate surface area is 167 Å². The van der Waals surface area contributed by atoms with Gasteiger partial charge in [0.15, 0.2) is 5.16 Å². The Bertz CT molecular complexity index is 1060. The van der Waals surface area contributed by atoms with Crippen LogP contribution in [0.3, 0.4) is 0 Å². The molecule has 3 aromatic rings. The van der Waals surface area contributed by atoms with Gasteiger partial charge in [0.1, 0.15) is 12.4 Å². The maximum absolute atomic E-state index is 12.5. The molecule has 7 heteroatoms. The van der Waals surface area contributed by atoms with Crippen LogP contribution >= 0.6 is 11.8 Å². The molecule has 0 fully saturated rings. The molecule has 0 aliphatic heterocycles. The van der Waals surface area contributed by atoms with Gasteiger partial charge in [0, 0.05) is 7.05 Å². The predicted molar refractivity (Wildman–Crippen MR) is 112 cm³/mol. The molecule has 0 spiro atoms. The highest BCUT2D eigenvalue weighted by molar-refractivity contribution is 7.99. The number of aryl methyl sites for hydroxylation is 2. The molecule has 0 radical (unpaired) electrons. The Morgan fingerprint density at radius 2 is 1.96 bits per heavy atom. The number of rotatable bonds is 7. The van der Waals surface area contributed by atoms with E-state index in [2.05, 4.69) is 10.3 Å². The van der Waals surface area contributed by atoms with E-state index in [4.69, 9.17) is 4.74 Å². The number of benzene rings is 2. The first-order valence-electron chi connectivity index (χ1n) is 9.00. The molecular weight excluding hydrogens is 374 g/mol. The van der Waals surface area contributed by atoms with Gasteiger partial charge in [-0.2, -0.15) is 0 Å². The third-order valence-corrected chi connectivity index (χ3v) is 5.23. The van der Waals surface area contributed by atoms with Gasteiger partial charge in [-0.15, -0.1) is 0 Å². The quantitative estimate of drug-likeness (QED) is 0.377. The molecular formula is C21H23N3O3S. The molecule has 1 N–H and O–H groups in total. The summed E-state index contributed by atoms with van der Waals surface area (Å²) >= 11 is 1.24. The Balaban J connectivity index is 1.52. The lowest BCUT2D eigenvalue weighted by atomic mass is 10.2. The Hall–Kier alpha value is -2.80. The number of carbonyl (C=O) groups excluding carboxylic acids is 1. The minimum atomic E-state index is -0.129. The molecule has 28 heavy (non-hydrogen) atoms. The highest BCUT2D eigenvalue weighted by atomic mass is 32.2. The second kappa shape index (κ2) is 8.93. The van der Waals surface area contributed by atoms with Gasteiger partial charge in [0.2, 0.25) is 5.91 Å². The third kappa shape index (κ3) is 4.92. The first-order chi connectivity index (χ1) is 13.4. The average Bonchev–Trinajstić information content (AvgIpc) is 2.67. The van der Waals surface area contributed by atoms with Crippen LogP contribution in [-0.4, -0.2) is 34.4 Å². The summed E-state index contributed by atoms with van der Waals surface area (Å²) in [6.45, 7) is 4.75. The van der Waals surface area contributed by atoms with Gasteiger partial charge in [-0.25, -0.2) is 4.98 Å². The van der Waals surface area contributed by atoms with Crippen molar-refractivity contribution in [2.45, 2.75) is 19.0 Å². The largest absolute Gasteiger partial charge is 0.492 e. The topological polar surface area (TPSA) is 73.2 Å². The maximum Gasteiger partial charge on any atom is 0.261 e. The van der Waals surface area contributed by atoms with Crippen LogP contribution < -0.4 is 15.6 Å².